The first-order valence-corrected chi connectivity index (χ1v) is 5.07. The Hall–Kier alpha value is -1.09. The number of ether oxygens (including phenoxy) is 1. The van der Waals surface area contributed by atoms with E-state index in [1.54, 1.807) is 0 Å². The maximum Gasteiger partial charge on any atom is 0.125 e. The van der Waals surface area contributed by atoms with Crippen LogP contribution in [0.4, 0.5) is 5.82 Å². The number of nitrogens with one attached hydrogen (secondary N) is 1. The van der Waals surface area contributed by atoms with Gasteiger partial charge in [0.05, 0.1) is 6.61 Å². The van der Waals surface area contributed by atoms with Gasteiger partial charge in [0, 0.05) is 19.9 Å². The number of aromatic nitrogens is 1. The highest BCUT2D eigenvalue weighted by Gasteiger charge is 1.94. The summed E-state index contributed by atoms with van der Waals surface area (Å²) in [6.45, 7) is 3.66. The molecule has 0 aliphatic heterocycles. The fourth-order valence-corrected chi connectivity index (χ4v) is 1.09. The Bertz CT molecular complexity index is 246. The van der Waals surface area contributed by atoms with Gasteiger partial charge in [-0.3, -0.25) is 0 Å². The van der Waals surface area contributed by atoms with Crippen LogP contribution in [0.15, 0.2) is 18.3 Å². The lowest BCUT2D eigenvalue weighted by atomic mass is 10.3. The zero-order valence-corrected chi connectivity index (χ0v) is 8.92. The van der Waals surface area contributed by atoms with E-state index in [1.165, 1.54) is 6.42 Å². The second-order valence-electron chi connectivity index (χ2n) is 3.21. The SMILES string of the molecule is CCCCOCc1ccc(NC)nc1. The standard InChI is InChI=1S/C11H18N2O/c1-3-4-7-14-9-10-5-6-11(12-2)13-8-10/h5-6,8H,3-4,7,9H2,1-2H3,(H,12,13). The fourth-order valence-electron chi connectivity index (χ4n) is 1.09. The molecule has 0 radical (unpaired) electrons. The van der Waals surface area contributed by atoms with Crippen LogP contribution in [-0.4, -0.2) is 18.6 Å². The van der Waals surface area contributed by atoms with Crippen molar-refractivity contribution in [3.8, 4) is 0 Å². The number of nitrogens with zero attached hydrogens (tertiary/aromatic N) is 1. The first-order chi connectivity index (χ1) is 6.86. The molecule has 0 aliphatic rings. The van der Waals surface area contributed by atoms with Gasteiger partial charge in [-0.05, 0) is 18.1 Å². The Kier molecular flexibility index (Phi) is 5.00. The second-order valence-corrected chi connectivity index (χ2v) is 3.21. The minimum absolute atomic E-state index is 0.664. The summed E-state index contributed by atoms with van der Waals surface area (Å²) < 4.78 is 5.47. The number of unbranched alkanes of at least 4 members (excludes halogenated alkanes) is 1. The van der Waals surface area contributed by atoms with E-state index in [0.29, 0.717) is 6.61 Å². The predicted octanol–water partition coefficient (Wildman–Crippen LogP) is 2.44. The third kappa shape index (κ3) is 3.75. The van der Waals surface area contributed by atoms with Crippen molar-refractivity contribution in [2.45, 2.75) is 26.4 Å². The van der Waals surface area contributed by atoms with Crippen molar-refractivity contribution < 1.29 is 4.74 Å². The summed E-state index contributed by atoms with van der Waals surface area (Å²) in [6.07, 6.45) is 4.15. The van der Waals surface area contributed by atoms with Gasteiger partial charge in [0.25, 0.3) is 0 Å². The molecule has 0 fully saturated rings. The normalized spacial score (nSPS) is 10.1. The minimum Gasteiger partial charge on any atom is -0.377 e. The largest absolute Gasteiger partial charge is 0.377 e. The maximum absolute atomic E-state index is 5.47. The Morgan fingerprint density at radius 1 is 1.43 bits per heavy atom. The highest BCUT2D eigenvalue weighted by atomic mass is 16.5. The molecule has 1 aromatic rings. The van der Waals surface area contributed by atoms with Gasteiger partial charge in [0.15, 0.2) is 0 Å². The summed E-state index contributed by atoms with van der Waals surface area (Å²) in [5.41, 5.74) is 1.13. The second kappa shape index (κ2) is 6.38. The average Bonchev–Trinajstić information content (AvgIpc) is 2.25. The van der Waals surface area contributed by atoms with Crippen molar-refractivity contribution in [1.82, 2.24) is 4.98 Å². The van der Waals surface area contributed by atoms with Crippen molar-refractivity contribution in [1.29, 1.82) is 0 Å². The highest BCUT2D eigenvalue weighted by molar-refractivity contribution is 5.34. The molecule has 0 atom stereocenters. The zero-order chi connectivity index (χ0) is 10.2. The zero-order valence-electron chi connectivity index (χ0n) is 8.92. The Morgan fingerprint density at radius 2 is 2.29 bits per heavy atom. The number of rotatable bonds is 6. The van der Waals surface area contributed by atoms with Crippen LogP contribution in [-0.2, 0) is 11.3 Å². The van der Waals surface area contributed by atoms with Crippen molar-refractivity contribution in [3.05, 3.63) is 23.9 Å². The Morgan fingerprint density at radius 3 is 2.86 bits per heavy atom. The van der Waals surface area contributed by atoms with E-state index in [1.807, 2.05) is 25.4 Å². The molecular weight excluding hydrogens is 176 g/mol. The quantitative estimate of drug-likeness (QED) is 0.706. The first kappa shape index (κ1) is 11.0. The predicted molar refractivity (Wildman–Crippen MR) is 58.3 cm³/mol. The van der Waals surface area contributed by atoms with Crippen molar-refractivity contribution >= 4 is 5.82 Å². The molecule has 0 aliphatic carbocycles. The molecule has 78 valence electrons. The molecule has 1 heterocycles. The maximum atomic E-state index is 5.47. The summed E-state index contributed by atoms with van der Waals surface area (Å²) >= 11 is 0. The Labute approximate surface area is 85.5 Å². The van der Waals surface area contributed by atoms with Gasteiger partial charge < -0.3 is 10.1 Å². The molecule has 1 rings (SSSR count). The van der Waals surface area contributed by atoms with Gasteiger partial charge >= 0.3 is 0 Å². The highest BCUT2D eigenvalue weighted by Crippen LogP contribution is 2.05. The molecule has 0 amide bonds. The summed E-state index contributed by atoms with van der Waals surface area (Å²) in [4.78, 5) is 4.20. The monoisotopic (exact) mass is 194 g/mol. The summed E-state index contributed by atoms with van der Waals surface area (Å²) in [7, 11) is 1.86. The van der Waals surface area contributed by atoms with Crippen LogP contribution in [0, 0.1) is 0 Å². The van der Waals surface area contributed by atoms with Gasteiger partial charge in [0.2, 0.25) is 0 Å². The molecular formula is C11H18N2O. The van der Waals surface area contributed by atoms with Crippen LogP contribution >= 0.6 is 0 Å². The van der Waals surface area contributed by atoms with E-state index in [-0.39, 0.29) is 0 Å². The Balaban J connectivity index is 2.29. The van der Waals surface area contributed by atoms with Gasteiger partial charge in [-0.25, -0.2) is 4.98 Å². The number of anilines is 1. The summed E-state index contributed by atoms with van der Waals surface area (Å²) in [6, 6.07) is 3.99. The summed E-state index contributed by atoms with van der Waals surface area (Å²) in [5.74, 6) is 0.891. The lowest BCUT2D eigenvalue weighted by Crippen LogP contribution is -1.97. The van der Waals surface area contributed by atoms with E-state index in [2.05, 4.69) is 17.2 Å². The molecule has 0 aromatic carbocycles. The molecule has 1 N–H and O–H groups in total. The van der Waals surface area contributed by atoms with Crippen LogP contribution in [0.3, 0.4) is 0 Å². The molecule has 0 saturated carbocycles. The molecule has 14 heavy (non-hydrogen) atoms. The molecule has 0 unspecified atom stereocenters. The van der Waals surface area contributed by atoms with Gasteiger partial charge in [0.1, 0.15) is 5.82 Å². The summed E-state index contributed by atoms with van der Waals surface area (Å²) in [5, 5.41) is 2.98. The first-order valence-electron chi connectivity index (χ1n) is 5.07. The molecule has 3 nitrogen and oxygen atoms in total. The van der Waals surface area contributed by atoms with E-state index < -0.39 is 0 Å². The van der Waals surface area contributed by atoms with Gasteiger partial charge in [-0.2, -0.15) is 0 Å². The van der Waals surface area contributed by atoms with Crippen LogP contribution in [0.25, 0.3) is 0 Å². The van der Waals surface area contributed by atoms with Crippen molar-refractivity contribution in [2.24, 2.45) is 0 Å². The number of pyridine rings is 1. The van der Waals surface area contributed by atoms with E-state index in [9.17, 15) is 0 Å². The number of hydrogen-bond acceptors (Lipinski definition) is 3. The fraction of sp³-hybridized carbons (Fsp3) is 0.545. The van der Waals surface area contributed by atoms with Crippen LogP contribution < -0.4 is 5.32 Å². The van der Waals surface area contributed by atoms with Gasteiger partial charge in [-0.1, -0.05) is 19.4 Å². The van der Waals surface area contributed by atoms with Crippen LogP contribution in [0.2, 0.25) is 0 Å². The minimum atomic E-state index is 0.664. The van der Waals surface area contributed by atoms with Crippen LogP contribution in [0.5, 0.6) is 0 Å². The smallest absolute Gasteiger partial charge is 0.125 e. The van der Waals surface area contributed by atoms with Crippen LogP contribution in [0.1, 0.15) is 25.3 Å². The average molecular weight is 194 g/mol. The van der Waals surface area contributed by atoms with Crippen molar-refractivity contribution in [2.75, 3.05) is 19.0 Å². The van der Waals surface area contributed by atoms with Gasteiger partial charge in [-0.15, -0.1) is 0 Å². The van der Waals surface area contributed by atoms with E-state index in [4.69, 9.17) is 4.74 Å². The third-order valence-corrected chi connectivity index (χ3v) is 1.99. The molecule has 3 heteroatoms. The molecule has 0 spiro atoms. The molecule has 1 aromatic heterocycles. The van der Waals surface area contributed by atoms with E-state index in [0.717, 1.165) is 24.4 Å². The third-order valence-electron chi connectivity index (χ3n) is 1.99. The lowest BCUT2D eigenvalue weighted by Gasteiger charge is -2.04. The lowest BCUT2D eigenvalue weighted by molar-refractivity contribution is 0.118. The topological polar surface area (TPSA) is 34.1 Å². The van der Waals surface area contributed by atoms with Crippen molar-refractivity contribution in [3.63, 3.8) is 0 Å². The number of hydrogen-bond donors (Lipinski definition) is 1. The molecule has 0 bridgehead atoms. The van der Waals surface area contributed by atoms with E-state index >= 15 is 0 Å². The molecule has 0 saturated heterocycles.